The molecule has 0 saturated heterocycles. The number of furan rings is 1. The summed E-state index contributed by atoms with van der Waals surface area (Å²) >= 11 is 3.27. The van der Waals surface area contributed by atoms with Gasteiger partial charge in [-0.15, -0.1) is 0 Å². The van der Waals surface area contributed by atoms with E-state index in [1.54, 1.807) is 12.1 Å². The standard InChI is InChI=1S/C17H22BrNO2/c1-19(16(20)14-2-3-15(18)21-14)10-17-7-11-4-12(8-17)6-13(5-11)9-17/h2-3,11-13H,4-10H2,1H3. The first-order chi connectivity index (χ1) is 10.0. The molecular formula is C17H22BrNO2. The molecule has 4 bridgehead atoms. The van der Waals surface area contributed by atoms with E-state index in [9.17, 15) is 4.79 Å². The van der Waals surface area contributed by atoms with Crippen LogP contribution in [-0.2, 0) is 0 Å². The number of carbonyl (C=O) groups is 1. The maximum Gasteiger partial charge on any atom is 0.289 e. The van der Waals surface area contributed by atoms with E-state index in [0.717, 1.165) is 24.3 Å². The van der Waals surface area contributed by atoms with Gasteiger partial charge < -0.3 is 9.32 Å². The molecule has 1 aromatic rings. The average molecular weight is 352 g/mol. The van der Waals surface area contributed by atoms with Crippen LogP contribution in [0.25, 0.3) is 0 Å². The van der Waals surface area contributed by atoms with Crippen molar-refractivity contribution in [1.82, 2.24) is 4.90 Å². The van der Waals surface area contributed by atoms with Crippen molar-refractivity contribution < 1.29 is 9.21 Å². The highest BCUT2D eigenvalue weighted by molar-refractivity contribution is 9.10. The lowest BCUT2D eigenvalue weighted by atomic mass is 9.49. The molecule has 0 unspecified atom stereocenters. The summed E-state index contributed by atoms with van der Waals surface area (Å²) in [6.45, 7) is 0.896. The molecule has 0 radical (unpaired) electrons. The summed E-state index contributed by atoms with van der Waals surface area (Å²) in [6, 6.07) is 3.54. The van der Waals surface area contributed by atoms with E-state index in [0.29, 0.717) is 15.8 Å². The Morgan fingerprint density at radius 2 is 1.81 bits per heavy atom. The molecule has 0 spiro atoms. The minimum atomic E-state index is 0.0106. The molecule has 4 aliphatic carbocycles. The van der Waals surface area contributed by atoms with Crippen molar-refractivity contribution in [2.24, 2.45) is 23.2 Å². The Kier molecular flexibility index (Phi) is 3.21. The molecule has 4 heteroatoms. The Bertz CT molecular complexity index is 530. The maximum absolute atomic E-state index is 12.5. The van der Waals surface area contributed by atoms with E-state index in [2.05, 4.69) is 15.9 Å². The lowest BCUT2D eigenvalue weighted by molar-refractivity contribution is -0.0631. The zero-order valence-electron chi connectivity index (χ0n) is 12.5. The van der Waals surface area contributed by atoms with Gasteiger partial charge in [0.2, 0.25) is 0 Å². The van der Waals surface area contributed by atoms with Crippen molar-refractivity contribution in [2.75, 3.05) is 13.6 Å². The number of nitrogens with zero attached hydrogens (tertiary/aromatic N) is 1. The van der Waals surface area contributed by atoms with Crippen LogP contribution in [0.3, 0.4) is 0 Å². The van der Waals surface area contributed by atoms with Gasteiger partial charge in [-0.2, -0.15) is 0 Å². The Morgan fingerprint density at radius 1 is 1.24 bits per heavy atom. The highest BCUT2D eigenvalue weighted by atomic mass is 79.9. The van der Waals surface area contributed by atoms with E-state index in [1.165, 1.54) is 38.5 Å². The number of halogens is 1. The normalized spacial score (nSPS) is 37.0. The Labute approximate surface area is 134 Å². The molecule has 0 aromatic carbocycles. The molecule has 1 aromatic heterocycles. The molecule has 5 rings (SSSR count). The van der Waals surface area contributed by atoms with Gasteiger partial charge in [0.25, 0.3) is 5.91 Å². The molecule has 0 aliphatic heterocycles. The van der Waals surface area contributed by atoms with Gasteiger partial charge in [0, 0.05) is 13.6 Å². The van der Waals surface area contributed by atoms with Crippen LogP contribution in [0.1, 0.15) is 49.1 Å². The van der Waals surface area contributed by atoms with Crippen LogP contribution >= 0.6 is 15.9 Å². The third-order valence-corrected chi connectivity index (χ3v) is 6.29. The summed E-state index contributed by atoms with van der Waals surface area (Å²) in [7, 11) is 1.93. The minimum Gasteiger partial charge on any atom is -0.444 e. The summed E-state index contributed by atoms with van der Waals surface area (Å²) in [5.74, 6) is 3.23. The van der Waals surface area contributed by atoms with Crippen LogP contribution in [-0.4, -0.2) is 24.4 Å². The molecule has 21 heavy (non-hydrogen) atoms. The van der Waals surface area contributed by atoms with E-state index in [-0.39, 0.29) is 5.91 Å². The summed E-state index contributed by atoms with van der Waals surface area (Å²) in [5, 5.41) is 0. The van der Waals surface area contributed by atoms with E-state index in [4.69, 9.17) is 4.42 Å². The van der Waals surface area contributed by atoms with Gasteiger partial charge in [-0.3, -0.25) is 4.79 Å². The smallest absolute Gasteiger partial charge is 0.289 e. The zero-order chi connectivity index (χ0) is 14.6. The second-order valence-corrected chi connectivity index (χ2v) is 8.46. The number of rotatable bonds is 3. The molecule has 4 saturated carbocycles. The first-order valence-electron chi connectivity index (χ1n) is 8.04. The van der Waals surface area contributed by atoms with Crippen molar-refractivity contribution in [2.45, 2.75) is 38.5 Å². The highest BCUT2D eigenvalue weighted by Gasteiger charge is 2.51. The van der Waals surface area contributed by atoms with Crippen molar-refractivity contribution in [3.05, 3.63) is 22.6 Å². The average Bonchev–Trinajstić information content (AvgIpc) is 2.82. The van der Waals surface area contributed by atoms with Gasteiger partial charge in [-0.05, 0) is 89.8 Å². The van der Waals surface area contributed by atoms with E-state index >= 15 is 0 Å². The first kappa shape index (κ1) is 13.9. The molecular weight excluding hydrogens is 330 g/mol. The Hall–Kier alpha value is -0.770. The topological polar surface area (TPSA) is 33.5 Å². The van der Waals surface area contributed by atoms with E-state index in [1.807, 2.05) is 11.9 Å². The van der Waals surface area contributed by atoms with Crippen LogP contribution in [0.2, 0.25) is 0 Å². The lowest BCUT2D eigenvalue weighted by Gasteiger charge is -2.57. The molecule has 1 heterocycles. The van der Waals surface area contributed by atoms with Crippen LogP contribution in [0.4, 0.5) is 0 Å². The quantitative estimate of drug-likeness (QED) is 0.811. The fourth-order valence-electron chi connectivity index (χ4n) is 5.68. The van der Waals surface area contributed by atoms with Crippen molar-refractivity contribution in [1.29, 1.82) is 0 Å². The van der Waals surface area contributed by atoms with Gasteiger partial charge in [0.15, 0.2) is 10.4 Å². The zero-order valence-corrected chi connectivity index (χ0v) is 14.1. The third-order valence-electron chi connectivity index (χ3n) is 5.87. The summed E-state index contributed by atoms with van der Waals surface area (Å²) in [6.07, 6.45) is 8.33. The van der Waals surface area contributed by atoms with Gasteiger partial charge in [-0.1, -0.05) is 0 Å². The number of amides is 1. The summed E-state index contributed by atoms with van der Waals surface area (Å²) in [5.41, 5.74) is 0.392. The second-order valence-electron chi connectivity index (χ2n) is 7.68. The predicted molar refractivity (Wildman–Crippen MR) is 84.0 cm³/mol. The monoisotopic (exact) mass is 351 g/mol. The van der Waals surface area contributed by atoms with Crippen LogP contribution in [0.15, 0.2) is 21.2 Å². The van der Waals surface area contributed by atoms with Crippen LogP contribution in [0, 0.1) is 23.2 Å². The number of carbonyl (C=O) groups excluding carboxylic acids is 1. The van der Waals surface area contributed by atoms with Gasteiger partial charge in [-0.25, -0.2) is 0 Å². The van der Waals surface area contributed by atoms with Gasteiger partial charge in [0.1, 0.15) is 0 Å². The Balaban J connectivity index is 1.49. The fourth-order valence-corrected chi connectivity index (χ4v) is 5.98. The molecule has 4 fully saturated rings. The fraction of sp³-hybridized carbons (Fsp3) is 0.706. The van der Waals surface area contributed by atoms with Gasteiger partial charge >= 0.3 is 0 Å². The molecule has 114 valence electrons. The number of hydrogen-bond acceptors (Lipinski definition) is 2. The lowest BCUT2D eigenvalue weighted by Crippen LogP contribution is -2.51. The van der Waals surface area contributed by atoms with Crippen LogP contribution < -0.4 is 0 Å². The first-order valence-corrected chi connectivity index (χ1v) is 8.83. The van der Waals surface area contributed by atoms with Crippen molar-refractivity contribution in [3.63, 3.8) is 0 Å². The number of hydrogen-bond donors (Lipinski definition) is 0. The highest BCUT2D eigenvalue weighted by Crippen LogP contribution is 2.60. The van der Waals surface area contributed by atoms with E-state index < -0.39 is 0 Å². The van der Waals surface area contributed by atoms with Crippen molar-refractivity contribution in [3.8, 4) is 0 Å². The maximum atomic E-state index is 12.5. The molecule has 4 aliphatic rings. The molecule has 0 atom stereocenters. The molecule has 3 nitrogen and oxygen atoms in total. The second kappa shape index (κ2) is 4.87. The SMILES string of the molecule is CN(CC12CC3CC(CC(C3)C1)C2)C(=O)c1ccc(Br)o1. The van der Waals surface area contributed by atoms with Crippen molar-refractivity contribution >= 4 is 21.8 Å². The third kappa shape index (κ3) is 2.45. The Morgan fingerprint density at radius 3 is 2.29 bits per heavy atom. The minimum absolute atomic E-state index is 0.0106. The van der Waals surface area contributed by atoms with Crippen LogP contribution in [0.5, 0.6) is 0 Å². The predicted octanol–water partition coefficient (Wildman–Crippen LogP) is 4.33. The molecule has 0 N–H and O–H groups in total. The largest absolute Gasteiger partial charge is 0.444 e. The molecule has 1 amide bonds. The summed E-state index contributed by atoms with van der Waals surface area (Å²) < 4.78 is 6.03. The van der Waals surface area contributed by atoms with Gasteiger partial charge in [0.05, 0.1) is 0 Å². The summed E-state index contributed by atoms with van der Waals surface area (Å²) in [4.78, 5) is 14.4.